The van der Waals surface area contributed by atoms with Gasteiger partial charge in [0.15, 0.2) is 6.10 Å². The highest BCUT2D eigenvalue weighted by Gasteiger charge is 2.25. The Morgan fingerprint density at radius 2 is 0.684 bits per heavy atom. The van der Waals surface area contributed by atoms with E-state index in [-0.39, 0.29) is 32.2 Å². The summed E-state index contributed by atoms with van der Waals surface area (Å²) in [5.74, 6) is -2.02. The average Bonchev–Trinajstić information content (AvgIpc) is 3.42. The molecule has 0 saturated heterocycles. The topological polar surface area (TPSA) is 108 Å². The Kier molecular flexibility index (Phi) is 56.5. The minimum absolute atomic E-state index is 0.180. The van der Waals surface area contributed by atoms with Crippen molar-refractivity contribution < 1.29 is 42.9 Å². The predicted octanol–water partition coefficient (Wildman–Crippen LogP) is 19.2. The summed E-state index contributed by atoms with van der Waals surface area (Å²) in [5.41, 5.74) is 0. The van der Waals surface area contributed by atoms with Crippen LogP contribution in [0.5, 0.6) is 0 Å². The highest BCUT2D eigenvalue weighted by Crippen LogP contribution is 2.16. The number of carboxylic acids is 1. The van der Waals surface area contributed by atoms with Crippen molar-refractivity contribution >= 4 is 17.9 Å². The number of carbonyl (C=O) groups excluding carboxylic acids is 2. The van der Waals surface area contributed by atoms with Crippen LogP contribution in [-0.2, 0) is 33.3 Å². The third kappa shape index (κ3) is 61.2. The number of aliphatic carboxylic acids is 1. The molecule has 9 nitrogen and oxygen atoms in total. The molecule has 0 spiro atoms. The van der Waals surface area contributed by atoms with Crippen LogP contribution >= 0.6 is 0 Å². The summed E-state index contributed by atoms with van der Waals surface area (Å²) in [4.78, 5) is 37.6. The molecular weight excluding hydrogens is 983 g/mol. The lowest BCUT2D eigenvalue weighted by molar-refractivity contribution is -0.870. The Hall–Kier alpha value is -4.31. The Morgan fingerprint density at radius 3 is 1.01 bits per heavy atom. The zero-order valence-corrected chi connectivity index (χ0v) is 51.2. The number of carbonyl (C=O) groups is 3. The fourth-order valence-electron chi connectivity index (χ4n) is 8.42. The summed E-state index contributed by atoms with van der Waals surface area (Å²) in [6, 6.07) is 0. The fourth-order valence-corrected chi connectivity index (χ4v) is 8.42. The van der Waals surface area contributed by atoms with Gasteiger partial charge in [-0.1, -0.05) is 251 Å². The molecule has 0 aliphatic carbocycles. The van der Waals surface area contributed by atoms with Crippen molar-refractivity contribution in [3.63, 3.8) is 0 Å². The number of carboxylic acid groups (broad SMARTS) is 1. The molecule has 0 aromatic rings. The Balaban J connectivity index is 4.23. The number of ether oxygens (including phenoxy) is 4. The predicted molar refractivity (Wildman–Crippen MR) is 336 cm³/mol. The van der Waals surface area contributed by atoms with Crippen LogP contribution in [0.1, 0.15) is 245 Å². The molecule has 0 aromatic carbocycles. The molecule has 0 aliphatic heterocycles. The number of hydrogen-bond acceptors (Lipinski definition) is 7. The summed E-state index contributed by atoms with van der Waals surface area (Å²) in [7, 11) is 5.96. The van der Waals surface area contributed by atoms with Crippen molar-refractivity contribution in [2.24, 2.45) is 0 Å². The van der Waals surface area contributed by atoms with Gasteiger partial charge >= 0.3 is 17.9 Å². The molecule has 1 N–H and O–H groups in total. The van der Waals surface area contributed by atoms with Crippen LogP contribution in [-0.4, -0.2) is 87.4 Å². The lowest BCUT2D eigenvalue weighted by atomic mass is 10.0. The number of allylic oxidation sites excluding steroid dienone is 20. The van der Waals surface area contributed by atoms with Crippen LogP contribution in [0.25, 0.3) is 0 Å². The quantitative estimate of drug-likeness (QED) is 0.0211. The first-order valence-corrected chi connectivity index (χ1v) is 31.7. The SMILES string of the molecule is CC/C=C\C/C=C\C/C=C\C/C=C\C/C=C\C/C=C\CCCCCCCCCCC(=O)OC(COC(=O)CCCCCCCCCCCCCCCC/C=C\C/C=C\C/C=C\C/C=C\CC)COC(OCC[N+](C)(C)C)C(=O)O. The van der Waals surface area contributed by atoms with Crippen LogP contribution in [0.2, 0.25) is 0 Å². The molecule has 2 atom stereocenters. The fraction of sp³-hybridized carbons (Fsp3) is 0.671. The molecule has 0 aromatic heterocycles. The van der Waals surface area contributed by atoms with Crippen molar-refractivity contribution in [3.8, 4) is 0 Å². The number of nitrogens with zero attached hydrogens (tertiary/aromatic N) is 1. The van der Waals surface area contributed by atoms with E-state index in [0.717, 1.165) is 109 Å². The lowest BCUT2D eigenvalue weighted by Gasteiger charge is -2.25. The largest absolute Gasteiger partial charge is 0.477 e. The minimum atomic E-state index is -1.52. The van der Waals surface area contributed by atoms with Crippen LogP contribution in [0.4, 0.5) is 0 Å². The molecule has 450 valence electrons. The Bertz CT molecular complexity index is 1710. The molecule has 0 aliphatic rings. The summed E-state index contributed by atoms with van der Waals surface area (Å²) in [6.07, 6.45) is 81.4. The van der Waals surface area contributed by atoms with E-state index in [1.807, 2.05) is 21.1 Å². The molecule has 0 amide bonds. The number of likely N-dealkylation sites (N-methyl/N-ethyl adjacent to an activating group) is 1. The highest BCUT2D eigenvalue weighted by atomic mass is 16.7. The third-order valence-electron chi connectivity index (χ3n) is 13.2. The maximum Gasteiger partial charge on any atom is 0.361 e. The van der Waals surface area contributed by atoms with E-state index >= 15 is 0 Å². The first-order chi connectivity index (χ1) is 38.6. The lowest BCUT2D eigenvalue weighted by Crippen LogP contribution is -2.40. The molecule has 0 saturated carbocycles. The third-order valence-corrected chi connectivity index (χ3v) is 13.2. The number of quaternary nitrogens is 1. The van der Waals surface area contributed by atoms with E-state index in [0.29, 0.717) is 23.9 Å². The van der Waals surface area contributed by atoms with Crippen LogP contribution in [0, 0.1) is 0 Å². The number of hydrogen-bond donors (Lipinski definition) is 1. The standard InChI is InChI=1S/C70H117NO8/c1-6-8-10-12-14-16-18-20-22-24-26-28-30-32-34-36-38-40-42-44-46-48-50-52-54-56-58-60-67(72)77-64-66(65-78-70(69(74)75)76-63-62-71(3,4)5)79-68(73)61-59-57-55-53-51-49-47-45-43-41-39-37-35-33-31-29-27-25-23-21-19-17-15-13-11-9-7-2/h8-11,14-17,20-23,26-29,33,35,39,41,66,70H,6-7,12-13,18-19,24-25,30-32,34,36-38,40,42-65H2,1-5H3/p+1/b10-8-,11-9-,16-14-,17-15-,22-20-,23-21-,28-26-,29-27-,35-33-,41-39-. The van der Waals surface area contributed by atoms with E-state index in [2.05, 4.69) is 135 Å². The van der Waals surface area contributed by atoms with Gasteiger partial charge in [-0.05, 0) is 103 Å². The van der Waals surface area contributed by atoms with Crippen LogP contribution in [0.3, 0.4) is 0 Å². The number of unbranched alkanes of at least 4 members (excludes halogenated alkanes) is 22. The van der Waals surface area contributed by atoms with Gasteiger partial charge in [0.1, 0.15) is 13.2 Å². The molecule has 0 heterocycles. The van der Waals surface area contributed by atoms with Crippen molar-refractivity contribution in [2.45, 2.75) is 257 Å². The van der Waals surface area contributed by atoms with E-state index < -0.39 is 24.3 Å². The highest BCUT2D eigenvalue weighted by molar-refractivity contribution is 5.71. The molecule has 9 heteroatoms. The van der Waals surface area contributed by atoms with Gasteiger partial charge in [-0.15, -0.1) is 0 Å². The maximum atomic E-state index is 12.9. The smallest absolute Gasteiger partial charge is 0.361 e. The summed E-state index contributed by atoms with van der Waals surface area (Å²) >= 11 is 0. The van der Waals surface area contributed by atoms with Gasteiger partial charge in [0.2, 0.25) is 0 Å². The Labute approximate surface area is 485 Å². The van der Waals surface area contributed by atoms with Crippen LogP contribution < -0.4 is 0 Å². The van der Waals surface area contributed by atoms with E-state index in [4.69, 9.17) is 18.9 Å². The van der Waals surface area contributed by atoms with E-state index in [9.17, 15) is 19.5 Å². The number of rotatable bonds is 57. The van der Waals surface area contributed by atoms with Gasteiger partial charge in [-0.25, -0.2) is 4.79 Å². The molecule has 0 rings (SSSR count). The normalized spacial score (nSPS) is 13.6. The van der Waals surface area contributed by atoms with Gasteiger partial charge in [-0.2, -0.15) is 0 Å². The first-order valence-electron chi connectivity index (χ1n) is 31.7. The first kappa shape index (κ1) is 74.7. The Morgan fingerprint density at radius 1 is 0.380 bits per heavy atom. The van der Waals surface area contributed by atoms with Gasteiger partial charge in [0, 0.05) is 12.8 Å². The van der Waals surface area contributed by atoms with Gasteiger partial charge in [0.25, 0.3) is 6.29 Å². The minimum Gasteiger partial charge on any atom is -0.477 e. The van der Waals surface area contributed by atoms with E-state index in [1.54, 1.807) is 0 Å². The summed E-state index contributed by atoms with van der Waals surface area (Å²) in [5, 5.41) is 9.73. The molecule has 0 radical (unpaired) electrons. The monoisotopic (exact) mass is 1100 g/mol. The molecular formula is C70H118NO8+. The van der Waals surface area contributed by atoms with Crippen molar-refractivity contribution in [3.05, 3.63) is 122 Å². The van der Waals surface area contributed by atoms with Gasteiger partial charge in [0.05, 0.1) is 34.4 Å². The second-order valence-electron chi connectivity index (χ2n) is 22.0. The average molecular weight is 1100 g/mol. The van der Waals surface area contributed by atoms with Crippen LogP contribution in [0.15, 0.2) is 122 Å². The van der Waals surface area contributed by atoms with E-state index in [1.165, 1.54) is 103 Å². The summed E-state index contributed by atoms with van der Waals surface area (Å²) < 4.78 is 22.9. The molecule has 0 bridgehead atoms. The number of esters is 2. The second kappa shape index (κ2) is 59.8. The maximum absolute atomic E-state index is 12.9. The van der Waals surface area contributed by atoms with Crippen molar-refractivity contribution in [1.29, 1.82) is 0 Å². The second-order valence-corrected chi connectivity index (χ2v) is 22.0. The molecule has 0 fully saturated rings. The van der Waals surface area contributed by atoms with Gasteiger partial charge < -0.3 is 28.5 Å². The summed E-state index contributed by atoms with van der Waals surface area (Å²) in [6.45, 7) is 4.64. The molecule has 2 unspecified atom stereocenters. The zero-order valence-electron chi connectivity index (χ0n) is 51.2. The van der Waals surface area contributed by atoms with Crippen molar-refractivity contribution in [2.75, 3.05) is 47.5 Å². The van der Waals surface area contributed by atoms with Gasteiger partial charge in [-0.3, -0.25) is 9.59 Å². The van der Waals surface area contributed by atoms with Crippen molar-refractivity contribution in [1.82, 2.24) is 0 Å². The zero-order chi connectivity index (χ0) is 57.6. The molecule has 79 heavy (non-hydrogen) atoms.